The van der Waals surface area contributed by atoms with E-state index in [1.807, 2.05) is 6.07 Å². The van der Waals surface area contributed by atoms with Crippen LogP contribution in [0.5, 0.6) is 0 Å². The molecule has 0 saturated heterocycles. The summed E-state index contributed by atoms with van der Waals surface area (Å²) in [4.78, 5) is 11.1. The van der Waals surface area contributed by atoms with Crippen LogP contribution in [0.4, 0.5) is 0 Å². The topological polar surface area (TPSA) is 57.5 Å². The molecule has 2 N–H and O–H groups in total. The van der Waals surface area contributed by atoms with Crippen molar-refractivity contribution in [3.63, 3.8) is 0 Å². The minimum Gasteiger partial charge on any atom is -0.481 e. The second-order valence-electron chi connectivity index (χ2n) is 3.73. The van der Waals surface area contributed by atoms with E-state index in [-0.39, 0.29) is 0 Å². The molecule has 0 fully saturated rings. The van der Waals surface area contributed by atoms with Gasteiger partial charge in [-0.2, -0.15) is 0 Å². The van der Waals surface area contributed by atoms with Crippen molar-refractivity contribution < 1.29 is 15.0 Å². The van der Waals surface area contributed by atoms with Crippen LogP contribution in [0.25, 0.3) is 0 Å². The van der Waals surface area contributed by atoms with Crippen LogP contribution in [0.1, 0.15) is 23.5 Å². The smallest absolute Gasteiger partial charge is 0.313 e. The number of carboxylic acids is 1. The molecule has 4 heteroatoms. The maximum atomic E-state index is 11.1. The predicted molar refractivity (Wildman–Crippen MR) is 56.2 cm³/mol. The molecule has 1 aromatic rings. The number of rotatable bonds is 1. The van der Waals surface area contributed by atoms with Gasteiger partial charge in [-0.15, -0.1) is 0 Å². The van der Waals surface area contributed by atoms with E-state index in [0.29, 0.717) is 23.4 Å². The first kappa shape index (κ1) is 10.5. The lowest BCUT2D eigenvalue weighted by Gasteiger charge is -2.28. The highest BCUT2D eigenvalue weighted by Gasteiger charge is 2.35. The van der Waals surface area contributed by atoms with Crippen LogP contribution in [-0.2, 0) is 11.2 Å². The fraction of sp³-hybridized carbons (Fsp3) is 0.364. The number of aliphatic hydroxyl groups excluding tert-OH is 1. The molecule has 0 saturated carbocycles. The molecule has 0 aromatic heterocycles. The van der Waals surface area contributed by atoms with Gasteiger partial charge in [0.15, 0.2) is 0 Å². The second kappa shape index (κ2) is 3.83. The normalized spacial score (nSPS) is 24.7. The molecule has 0 heterocycles. The third kappa shape index (κ3) is 1.73. The number of hydrogen-bond donors (Lipinski definition) is 2. The van der Waals surface area contributed by atoms with Crippen LogP contribution in [0, 0.1) is 0 Å². The number of halogens is 1. The van der Waals surface area contributed by atoms with Crippen LogP contribution in [0.3, 0.4) is 0 Å². The third-order valence-electron chi connectivity index (χ3n) is 2.81. The third-order valence-corrected chi connectivity index (χ3v) is 3.14. The molecule has 0 amide bonds. The molecule has 0 bridgehead atoms. The van der Waals surface area contributed by atoms with Crippen LogP contribution in [0.2, 0.25) is 5.02 Å². The average Bonchev–Trinajstić information content (AvgIpc) is 2.18. The van der Waals surface area contributed by atoms with E-state index in [2.05, 4.69) is 0 Å². The summed E-state index contributed by atoms with van der Waals surface area (Å²) in [6.07, 6.45) is 0.320. The maximum Gasteiger partial charge on any atom is 0.313 e. The Hall–Kier alpha value is -1.06. The van der Waals surface area contributed by atoms with E-state index in [1.165, 1.54) is 0 Å². The molecular formula is C11H11ClO3. The predicted octanol–water partition coefficient (Wildman–Crippen LogP) is 1.82. The summed E-state index contributed by atoms with van der Waals surface area (Å²) in [5.41, 5.74) is 1.51. The van der Waals surface area contributed by atoms with E-state index in [1.54, 1.807) is 12.1 Å². The van der Waals surface area contributed by atoms with Crippen molar-refractivity contribution in [2.45, 2.75) is 24.9 Å². The highest BCUT2D eigenvalue weighted by atomic mass is 35.5. The molecular weight excluding hydrogens is 216 g/mol. The van der Waals surface area contributed by atoms with Crippen molar-refractivity contribution >= 4 is 17.6 Å². The number of carboxylic acid groups (broad SMARTS) is 1. The van der Waals surface area contributed by atoms with Crippen molar-refractivity contribution in [1.82, 2.24) is 0 Å². The van der Waals surface area contributed by atoms with Gasteiger partial charge < -0.3 is 10.2 Å². The van der Waals surface area contributed by atoms with Gasteiger partial charge in [0.1, 0.15) is 5.92 Å². The lowest BCUT2D eigenvalue weighted by molar-refractivity contribution is -0.142. The summed E-state index contributed by atoms with van der Waals surface area (Å²) < 4.78 is 0. The molecule has 2 unspecified atom stereocenters. The lowest BCUT2D eigenvalue weighted by atomic mass is 9.81. The highest BCUT2D eigenvalue weighted by molar-refractivity contribution is 6.31. The standard InChI is InChI=1S/C11H11ClO3/c12-7-3-1-2-6-4-5-8(13)10(9(6)7)11(14)15/h1-3,8,10,13H,4-5H2,(H,14,15). The molecule has 15 heavy (non-hydrogen) atoms. The number of hydrogen-bond acceptors (Lipinski definition) is 2. The van der Waals surface area contributed by atoms with Gasteiger partial charge >= 0.3 is 5.97 Å². The minimum absolute atomic E-state index is 0.429. The molecule has 1 aromatic carbocycles. The molecule has 0 aliphatic heterocycles. The number of aliphatic carboxylic acids is 1. The van der Waals surface area contributed by atoms with Gasteiger partial charge in [-0.1, -0.05) is 23.7 Å². The van der Waals surface area contributed by atoms with Crippen LogP contribution < -0.4 is 0 Å². The van der Waals surface area contributed by atoms with E-state index >= 15 is 0 Å². The van der Waals surface area contributed by atoms with Gasteiger partial charge in [0.05, 0.1) is 6.10 Å². The minimum atomic E-state index is -1.02. The van der Waals surface area contributed by atoms with Gasteiger partial charge in [-0.05, 0) is 30.0 Å². The zero-order valence-corrected chi connectivity index (χ0v) is 8.74. The Balaban J connectivity index is 2.55. The van der Waals surface area contributed by atoms with E-state index in [9.17, 15) is 9.90 Å². The first-order chi connectivity index (χ1) is 7.11. The number of fused-ring (bicyclic) bond motifs is 1. The Morgan fingerprint density at radius 1 is 1.47 bits per heavy atom. The Kier molecular flexibility index (Phi) is 2.67. The van der Waals surface area contributed by atoms with Crippen LogP contribution >= 0.6 is 11.6 Å². The van der Waals surface area contributed by atoms with Crippen LogP contribution in [-0.4, -0.2) is 22.3 Å². The van der Waals surface area contributed by atoms with Gasteiger partial charge in [0.2, 0.25) is 0 Å². The summed E-state index contributed by atoms with van der Waals surface area (Å²) in [6, 6.07) is 5.33. The molecule has 80 valence electrons. The summed E-state index contributed by atoms with van der Waals surface area (Å²) in [7, 11) is 0. The van der Waals surface area contributed by atoms with Gasteiger partial charge in [-0.3, -0.25) is 4.79 Å². The summed E-state index contributed by atoms with van der Waals surface area (Å²) in [6.45, 7) is 0. The Bertz CT molecular complexity index is 403. The first-order valence-corrected chi connectivity index (χ1v) is 5.17. The van der Waals surface area contributed by atoms with E-state index in [4.69, 9.17) is 16.7 Å². The molecule has 3 nitrogen and oxygen atoms in total. The number of aliphatic hydroxyl groups is 1. The van der Waals surface area contributed by atoms with Crippen molar-refractivity contribution in [3.05, 3.63) is 34.3 Å². The molecule has 1 aliphatic carbocycles. The number of aryl methyl sites for hydroxylation is 1. The van der Waals surface area contributed by atoms with Gasteiger partial charge in [0, 0.05) is 5.02 Å². The van der Waals surface area contributed by atoms with Gasteiger partial charge in [0.25, 0.3) is 0 Å². The van der Waals surface area contributed by atoms with E-state index in [0.717, 1.165) is 5.56 Å². The lowest BCUT2D eigenvalue weighted by Crippen LogP contribution is -2.31. The van der Waals surface area contributed by atoms with Crippen molar-refractivity contribution in [1.29, 1.82) is 0 Å². The van der Waals surface area contributed by atoms with Crippen molar-refractivity contribution in [2.24, 2.45) is 0 Å². The zero-order chi connectivity index (χ0) is 11.0. The molecule has 0 spiro atoms. The number of carbonyl (C=O) groups is 1. The van der Waals surface area contributed by atoms with Crippen molar-refractivity contribution in [2.75, 3.05) is 0 Å². The maximum absolute atomic E-state index is 11.1. The quantitative estimate of drug-likeness (QED) is 0.768. The van der Waals surface area contributed by atoms with Crippen molar-refractivity contribution in [3.8, 4) is 0 Å². The fourth-order valence-corrected chi connectivity index (χ4v) is 2.41. The Morgan fingerprint density at radius 2 is 2.20 bits per heavy atom. The molecule has 1 aliphatic rings. The average molecular weight is 227 g/mol. The Morgan fingerprint density at radius 3 is 2.87 bits per heavy atom. The zero-order valence-electron chi connectivity index (χ0n) is 7.98. The molecule has 0 radical (unpaired) electrons. The number of benzene rings is 1. The summed E-state index contributed by atoms with van der Waals surface area (Å²) >= 11 is 5.97. The monoisotopic (exact) mass is 226 g/mol. The fourth-order valence-electron chi connectivity index (χ4n) is 2.10. The van der Waals surface area contributed by atoms with Gasteiger partial charge in [-0.25, -0.2) is 0 Å². The van der Waals surface area contributed by atoms with E-state index < -0.39 is 18.0 Å². The SMILES string of the molecule is O=C(O)C1c2c(Cl)cccc2CCC1O. The first-order valence-electron chi connectivity index (χ1n) is 4.79. The second-order valence-corrected chi connectivity index (χ2v) is 4.14. The Labute approximate surface area is 92.3 Å². The molecule has 2 atom stereocenters. The summed E-state index contributed by atoms with van der Waals surface area (Å²) in [5, 5.41) is 19.2. The summed E-state index contributed by atoms with van der Waals surface area (Å²) in [5.74, 6) is -1.90. The largest absolute Gasteiger partial charge is 0.481 e. The highest BCUT2D eigenvalue weighted by Crippen LogP contribution is 2.36. The molecule has 2 rings (SSSR count). The van der Waals surface area contributed by atoms with Crippen LogP contribution in [0.15, 0.2) is 18.2 Å².